The zero-order valence-corrected chi connectivity index (χ0v) is 19.6. The number of rotatable bonds is 8. The molecule has 0 aromatic heterocycles. The van der Waals surface area contributed by atoms with E-state index in [-0.39, 0.29) is 6.54 Å². The fraction of sp³-hybridized carbons (Fsp3) is 0.174. The summed E-state index contributed by atoms with van der Waals surface area (Å²) in [5.74, 6) is 0.391. The van der Waals surface area contributed by atoms with Crippen molar-refractivity contribution < 1.29 is 13.2 Å². The van der Waals surface area contributed by atoms with Crippen molar-refractivity contribution in [3.63, 3.8) is 0 Å². The summed E-state index contributed by atoms with van der Waals surface area (Å²) in [6.07, 6.45) is 1.08. The van der Waals surface area contributed by atoms with E-state index >= 15 is 0 Å². The SMILES string of the molecule is Cc1cc(Cl)ccc1N(CC(=O)Nc1ccc(CSc2ccccc2)cc1)S(C)(=O)=O. The molecule has 1 N–H and O–H groups in total. The third-order valence-corrected chi connectivity index (χ3v) is 6.95. The lowest BCUT2D eigenvalue weighted by Crippen LogP contribution is -2.37. The monoisotopic (exact) mass is 474 g/mol. The van der Waals surface area contributed by atoms with Crippen molar-refractivity contribution in [2.75, 3.05) is 22.4 Å². The van der Waals surface area contributed by atoms with E-state index in [2.05, 4.69) is 17.4 Å². The third kappa shape index (κ3) is 6.75. The second kappa shape index (κ2) is 10.2. The fourth-order valence-electron chi connectivity index (χ4n) is 2.98. The lowest BCUT2D eigenvalue weighted by Gasteiger charge is -2.23. The van der Waals surface area contributed by atoms with Crippen LogP contribution >= 0.6 is 23.4 Å². The highest BCUT2D eigenvalue weighted by Crippen LogP contribution is 2.26. The molecule has 0 fully saturated rings. The van der Waals surface area contributed by atoms with Crippen molar-refractivity contribution in [3.05, 3.63) is 88.9 Å². The first kappa shape index (κ1) is 23.2. The Morgan fingerprint density at radius 2 is 1.71 bits per heavy atom. The Morgan fingerprint density at radius 1 is 1.03 bits per heavy atom. The van der Waals surface area contributed by atoms with Crippen molar-refractivity contribution in [2.45, 2.75) is 17.6 Å². The van der Waals surface area contributed by atoms with E-state index in [1.807, 2.05) is 42.5 Å². The molecule has 0 saturated carbocycles. The Hall–Kier alpha value is -2.48. The highest BCUT2D eigenvalue weighted by atomic mass is 35.5. The summed E-state index contributed by atoms with van der Waals surface area (Å²) in [7, 11) is -3.65. The number of thioether (sulfide) groups is 1. The number of benzene rings is 3. The van der Waals surface area contributed by atoms with E-state index in [0.29, 0.717) is 22.0 Å². The minimum Gasteiger partial charge on any atom is -0.325 e. The molecular weight excluding hydrogens is 452 g/mol. The third-order valence-electron chi connectivity index (χ3n) is 4.50. The van der Waals surface area contributed by atoms with Crippen LogP contribution in [0.1, 0.15) is 11.1 Å². The molecule has 0 saturated heterocycles. The lowest BCUT2D eigenvalue weighted by molar-refractivity contribution is -0.114. The number of amides is 1. The van der Waals surface area contributed by atoms with E-state index in [1.165, 1.54) is 4.90 Å². The molecule has 0 aliphatic rings. The molecule has 5 nitrogen and oxygen atoms in total. The largest absolute Gasteiger partial charge is 0.325 e. The summed E-state index contributed by atoms with van der Waals surface area (Å²) < 4.78 is 25.7. The molecular formula is C23H23ClN2O3S2. The number of hydrogen-bond acceptors (Lipinski definition) is 4. The first-order valence-electron chi connectivity index (χ1n) is 9.53. The van der Waals surface area contributed by atoms with Gasteiger partial charge in [-0.25, -0.2) is 8.42 Å². The van der Waals surface area contributed by atoms with Gasteiger partial charge in [0.05, 0.1) is 11.9 Å². The van der Waals surface area contributed by atoms with Crippen molar-refractivity contribution in [1.82, 2.24) is 0 Å². The molecule has 0 spiro atoms. The van der Waals surface area contributed by atoms with Gasteiger partial charge in [-0.3, -0.25) is 9.10 Å². The molecule has 0 aliphatic heterocycles. The summed E-state index contributed by atoms with van der Waals surface area (Å²) in [6, 6.07) is 22.5. The number of carbonyl (C=O) groups excluding carboxylic acids is 1. The van der Waals surface area contributed by atoms with Crippen LogP contribution in [-0.4, -0.2) is 27.1 Å². The number of nitrogens with zero attached hydrogens (tertiary/aromatic N) is 1. The molecule has 3 rings (SSSR count). The minimum absolute atomic E-state index is 0.326. The van der Waals surface area contributed by atoms with Crippen LogP contribution in [-0.2, 0) is 20.6 Å². The van der Waals surface area contributed by atoms with Gasteiger partial charge in [-0.15, -0.1) is 11.8 Å². The molecule has 0 heterocycles. The van der Waals surface area contributed by atoms with E-state index in [0.717, 1.165) is 21.9 Å². The molecule has 8 heteroatoms. The smallest absolute Gasteiger partial charge is 0.245 e. The number of carbonyl (C=O) groups is 1. The number of hydrogen-bond donors (Lipinski definition) is 1. The Labute approximate surface area is 192 Å². The summed E-state index contributed by atoms with van der Waals surface area (Å²) in [5.41, 5.74) is 2.84. The predicted molar refractivity (Wildman–Crippen MR) is 129 cm³/mol. The van der Waals surface area contributed by atoms with Gasteiger partial charge in [0, 0.05) is 21.4 Å². The quantitative estimate of drug-likeness (QED) is 0.447. The van der Waals surface area contributed by atoms with Crippen LogP contribution in [0.25, 0.3) is 0 Å². The Bertz CT molecular complexity index is 1150. The van der Waals surface area contributed by atoms with Crippen LogP contribution in [0.4, 0.5) is 11.4 Å². The number of sulfonamides is 1. The van der Waals surface area contributed by atoms with Gasteiger partial charge in [-0.1, -0.05) is 41.9 Å². The van der Waals surface area contributed by atoms with Gasteiger partial charge in [0.2, 0.25) is 15.9 Å². The highest BCUT2D eigenvalue weighted by Gasteiger charge is 2.22. The first-order chi connectivity index (χ1) is 14.7. The molecule has 3 aromatic rings. The van der Waals surface area contributed by atoms with Crippen LogP contribution in [0.5, 0.6) is 0 Å². The summed E-state index contributed by atoms with van der Waals surface area (Å²) in [5, 5.41) is 3.27. The van der Waals surface area contributed by atoms with Crippen LogP contribution in [0.3, 0.4) is 0 Å². The van der Waals surface area contributed by atoms with Crippen LogP contribution in [0.15, 0.2) is 77.7 Å². The average Bonchev–Trinajstić information content (AvgIpc) is 2.72. The standard InChI is InChI=1S/C23H23ClN2O3S2/c1-17-14-19(24)10-13-22(17)26(31(2,28)29)15-23(27)25-20-11-8-18(9-12-20)16-30-21-6-4-3-5-7-21/h3-14H,15-16H2,1-2H3,(H,25,27). The van der Waals surface area contributed by atoms with Gasteiger partial charge in [0.1, 0.15) is 6.54 Å². The van der Waals surface area contributed by atoms with E-state index in [4.69, 9.17) is 11.6 Å². The summed E-state index contributed by atoms with van der Waals surface area (Å²) in [4.78, 5) is 13.8. The van der Waals surface area contributed by atoms with Gasteiger partial charge in [0.15, 0.2) is 0 Å². The number of aryl methyl sites for hydroxylation is 1. The fourth-order valence-corrected chi connectivity index (χ4v) is 4.99. The second-order valence-corrected chi connectivity index (χ2v) is 10.4. The zero-order valence-electron chi connectivity index (χ0n) is 17.2. The first-order valence-corrected chi connectivity index (χ1v) is 12.7. The van der Waals surface area contributed by atoms with Crippen molar-refractivity contribution in [1.29, 1.82) is 0 Å². The second-order valence-electron chi connectivity index (χ2n) is 7.05. The molecule has 1 amide bonds. The molecule has 3 aromatic carbocycles. The lowest BCUT2D eigenvalue weighted by atomic mass is 10.2. The van der Waals surface area contributed by atoms with Crippen LogP contribution < -0.4 is 9.62 Å². The Morgan fingerprint density at radius 3 is 2.32 bits per heavy atom. The molecule has 31 heavy (non-hydrogen) atoms. The Kier molecular flexibility index (Phi) is 7.64. The summed E-state index contributed by atoms with van der Waals surface area (Å²) >= 11 is 7.70. The highest BCUT2D eigenvalue weighted by molar-refractivity contribution is 7.98. The normalized spacial score (nSPS) is 11.2. The van der Waals surface area contributed by atoms with Crippen LogP contribution in [0.2, 0.25) is 5.02 Å². The van der Waals surface area contributed by atoms with Gasteiger partial charge in [-0.05, 0) is 60.5 Å². The molecule has 0 radical (unpaired) electrons. The van der Waals surface area contributed by atoms with Crippen molar-refractivity contribution in [3.8, 4) is 0 Å². The molecule has 0 unspecified atom stereocenters. The maximum absolute atomic E-state index is 12.6. The number of nitrogens with one attached hydrogen (secondary N) is 1. The van der Waals surface area contributed by atoms with Gasteiger partial charge in [-0.2, -0.15) is 0 Å². The van der Waals surface area contributed by atoms with Gasteiger partial charge >= 0.3 is 0 Å². The van der Waals surface area contributed by atoms with Crippen molar-refractivity contribution >= 4 is 50.7 Å². The molecule has 0 atom stereocenters. The van der Waals surface area contributed by atoms with Gasteiger partial charge in [0.25, 0.3) is 0 Å². The topological polar surface area (TPSA) is 66.5 Å². The maximum atomic E-state index is 12.6. The maximum Gasteiger partial charge on any atom is 0.245 e. The van der Waals surface area contributed by atoms with E-state index in [1.54, 1.807) is 36.9 Å². The van der Waals surface area contributed by atoms with Crippen molar-refractivity contribution in [2.24, 2.45) is 0 Å². The van der Waals surface area contributed by atoms with Gasteiger partial charge < -0.3 is 5.32 Å². The van der Waals surface area contributed by atoms with E-state index in [9.17, 15) is 13.2 Å². The zero-order chi connectivity index (χ0) is 22.4. The number of anilines is 2. The Balaban J connectivity index is 1.64. The molecule has 162 valence electrons. The number of halogens is 1. The van der Waals surface area contributed by atoms with E-state index < -0.39 is 15.9 Å². The average molecular weight is 475 g/mol. The van der Waals surface area contributed by atoms with Crippen LogP contribution in [0, 0.1) is 6.92 Å². The predicted octanol–water partition coefficient (Wildman–Crippen LogP) is 5.35. The summed E-state index contributed by atoms with van der Waals surface area (Å²) in [6.45, 7) is 1.43. The molecule has 0 aliphatic carbocycles. The minimum atomic E-state index is -3.65. The molecule has 0 bridgehead atoms.